The Bertz CT molecular complexity index is 919. The monoisotopic (exact) mass is 442 g/mol. The lowest BCUT2D eigenvalue weighted by molar-refractivity contribution is -0.141. The molecule has 0 spiro atoms. The largest absolute Gasteiger partial charge is 0.496 e. The minimum absolute atomic E-state index is 0.0371. The van der Waals surface area contributed by atoms with Gasteiger partial charge in [-0.2, -0.15) is 0 Å². The van der Waals surface area contributed by atoms with E-state index in [1.807, 2.05) is 38.4 Å². The van der Waals surface area contributed by atoms with Crippen molar-refractivity contribution in [2.45, 2.75) is 38.7 Å². The molecule has 0 saturated carbocycles. The molecule has 2 aromatic carbocycles. The van der Waals surface area contributed by atoms with Crippen LogP contribution in [0.3, 0.4) is 0 Å². The van der Waals surface area contributed by atoms with Crippen LogP contribution in [0.25, 0.3) is 11.1 Å². The molecule has 0 unspecified atom stereocenters. The number of nitrogens with one attached hydrogen (secondary N) is 1. The third kappa shape index (κ3) is 5.87. The first-order valence-corrected chi connectivity index (χ1v) is 11.1. The Hall–Kier alpha value is -2.44. The summed E-state index contributed by atoms with van der Waals surface area (Å²) < 4.78 is 25.2. The van der Waals surface area contributed by atoms with Gasteiger partial charge in [-0.1, -0.05) is 38.1 Å². The van der Waals surface area contributed by atoms with Crippen molar-refractivity contribution in [1.29, 1.82) is 0 Å². The molecule has 174 valence electrons. The van der Waals surface area contributed by atoms with Gasteiger partial charge in [-0.15, -0.1) is 0 Å². The van der Waals surface area contributed by atoms with Crippen LogP contribution in [0.15, 0.2) is 42.5 Å². The molecule has 0 bridgehead atoms. The minimum Gasteiger partial charge on any atom is -0.496 e. The molecule has 2 aromatic rings. The van der Waals surface area contributed by atoms with E-state index >= 15 is 0 Å². The molecule has 0 aliphatic carbocycles. The normalized spacial score (nSPS) is 18.7. The van der Waals surface area contributed by atoms with E-state index in [-0.39, 0.29) is 17.1 Å². The van der Waals surface area contributed by atoms with Gasteiger partial charge in [0.2, 0.25) is 0 Å². The van der Waals surface area contributed by atoms with Crippen molar-refractivity contribution in [3.8, 4) is 16.9 Å². The lowest BCUT2D eigenvalue weighted by Gasteiger charge is -2.32. The molecule has 6 heteroatoms. The number of rotatable bonds is 9. The standard InChI is InChI=1S/C26H35FN2O3/c1-25(2,18-29(3)4)17-28-24(30)26(13-6-14-32-26)16-19-7-9-20(10-8-19)22-15-21(27)11-12-23(22)31-5/h7-12,15H,6,13-14,16-18H2,1-5H3,(H,28,30)/t26-/m1/s1. The van der Waals surface area contributed by atoms with Crippen molar-refractivity contribution in [3.05, 3.63) is 53.8 Å². The lowest BCUT2D eigenvalue weighted by Crippen LogP contribution is -2.51. The van der Waals surface area contributed by atoms with E-state index in [1.165, 1.54) is 12.1 Å². The van der Waals surface area contributed by atoms with E-state index < -0.39 is 5.60 Å². The lowest BCUT2D eigenvalue weighted by atomic mass is 9.88. The Kier molecular flexibility index (Phi) is 7.57. The topological polar surface area (TPSA) is 50.8 Å². The van der Waals surface area contributed by atoms with Crippen LogP contribution in [0.1, 0.15) is 32.3 Å². The maximum absolute atomic E-state index is 13.8. The Balaban J connectivity index is 1.74. The fraction of sp³-hybridized carbons (Fsp3) is 0.500. The molecule has 0 radical (unpaired) electrons. The second kappa shape index (κ2) is 10.0. The molecule has 5 nitrogen and oxygen atoms in total. The molecular formula is C26H35FN2O3. The van der Waals surface area contributed by atoms with Gasteiger partial charge in [-0.3, -0.25) is 4.79 Å². The van der Waals surface area contributed by atoms with E-state index in [2.05, 4.69) is 24.1 Å². The number of benzene rings is 2. The highest BCUT2D eigenvalue weighted by Crippen LogP contribution is 2.33. The van der Waals surface area contributed by atoms with Gasteiger partial charge in [0, 0.05) is 31.7 Å². The number of ether oxygens (including phenoxy) is 2. The molecule has 0 aromatic heterocycles. The molecule has 1 amide bonds. The zero-order valence-corrected chi connectivity index (χ0v) is 19.8. The molecule has 32 heavy (non-hydrogen) atoms. The van der Waals surface area contributed by atoms with Crippen LogP contribution in [0.2, 0.25) is 0 Å². The summed E-state index contributed by atoms with van der Waals surface area (Å²) in [7, 11) is 5.65. The van der Waals surface area contributed by atoms with Gasteiger partial charge >= 0.3 is 0 Å². The third-order valence-corrected chi connectivity index (χ3v) is 5.91. The molecule has 1 N–H and O–H groups in total. The summed E-state index contributed by atoms with van der Waals surface area (Å²) in [6.07, 6.45) is 2.08. The highest BCUT2D eigenvalue weighted by atomic mass is 19.1. The van der Waals surface area contributed by atoms with Crippen molar-refractivity contribution >= 4 is 5.91 Å². The van der Waals surface area contributed by atoms with Crippen LogP contribution in [0, 0.1) is 11.2 Å². The summed E-state index contributed by atoms with van der Waals surface area (Å²) in [6, 6.07) is 12.3. The Morgan fingerprint density at radius 3 is 2.53 bits per heavy atom. The summed E-state index contributed by atoms with van der Waals surface area (Å²) in [4.78, 5) is 15.3. The number of methoxy groups -OCH3 is 1. The van der Waals surface area contributed by atoms with Crippen LogP contribution >= 0.6 is 0 Å². The predicted octanol–water partition coefficient (Wildman–Crippen LogP) is 4.30. The average Bonchev–Trinajstić information content (AvgIpc) is 3.21. The van der Waals surface area contributed by atoms with Crippen molar-refractivity contribution < 1.29 is 18.7 Å². The number of hydrogen-bond acceptors (Lipinski definition) is 4. The smallest absolute Gasteiger partial charge is 0.252 e. The third-order valence-electron chi connectivity index (χ3n) is 5.91. The van der Waals surface area contributed by atoms with Gasteiger partial charge in [0.25, 0.3) is 5.91 Å². The van der Waals surface area contributed by atoms with E-state index in [9.17, 15) is 9.18 Å². The van der Waals surface area contributed by atoms with Gasteiger partial charge < -0.3 is 19.7 Å². The summed E-state index contributed by atoms with van der Waals surface area (Å²) in [5.41, 5.74) is 1.69. The number of hydrogen-bond donors (Lipinski definition) is 1. The molecule has 1 heterocycles. The van der Waals surface area contributed by atoms with E-state index in [1.54, 1.807) is 13.2 Å². The summed E-state index contributed by atoms with van der Waals surface area (Å²) in [5, 5.41) is 3.14. The highest BCUT2D eigenvalue weighted by molar-refractivity contribution is 5.86. The minimum atomic E-state index is -0.841. The zero-order chi connectivity index (χ0) is 23.4. The molecule has 1 atom stereocenters. The number of nitrogens with zero attached hydrogens (tertiary/aromatic N) is 1. The summed E-state index contributed by atoms with van der Waals surface area (Å²) in [5.74, 6) is 0.268. The highest BCUT2D eigenvalue weighted by Gasteiger charge is 2.43. The number of amides is 1. The maximum Gasteiger partial charge on any atom is 0.252 e. The summed E-state index contributed by atoms with van der Waals surface area (Å²) in [6.45, 7) is 6.36. The van der Waals surface area contributed by atoms with Gasteiger partial charge in [0.1, 0.15) is 11.6 Å². The molecule has 1 fully saturated rings. The van der Waals surface area contributed by atoms with Crippen LogP contribution < -0.4 is 10.1 Å². The molecule has 1 aliphatic rings. The molecular weight excluding hydrogens is 407 g/mol. The first kappa shape index (κ1) is 24.2. The van der Waals surface area contributed by atoms with E-state index in [4.69, 9.17) is 9.47 Å². The van der Waals surface area contributed by atoms with Crippen molar-refractivity contribution in [3.63, 3.8) is 0 Å². The zero-order valence-electron chi connectivity index (χ0n) is 19.8. The van der Waals surface area contributed by atoms with Crippen LogP contribution in [0.5, 0.6) is 5.75 Å². The summed E-state index contributed by atoms with van der Waals surface area (Å²) >= 11 is 0. The number of carbonyl (C=O) groups excluding carboxylic acids is 1. The fourth-order valence-electron chi connectivity index (χ4n) is 4.53. The van der Waals surface area contributed by atoms with Crippen LogP contribution in [-0.2, 0) is 16.0 Å². The van der Waals surface area contributed by atoms with Gasteiger partial charge in [-0.05, 0) is 61.7 Å². The Labute approximate surface area is 190 Å². The quantitative estimate of drug-likeness (QED) is 0.629. The molecule has 3 rings (SSSR count). The first-order valence-electron chi connectivity index (χ1n) is 11.1. The van der Waals surface area contributed by atoms with Crippen molar-refractivity contribution in [2.75, 3.05) is 40.9 Å². The Morgan fingerprint density at radius 2 is 1.94 bits per heavy atom. The maximum atomic E-state index is 13.8. The predicted molar refractivity (Wildman–Crippen MR) is 125 cm³/mol. The molecule has 1 aliphatic heterocycles. The first-order chi connectivity index (χ1) is 15.1. The van der Waals surface area contributed by atoms with Gasteiger partial charge in [0.15, 0.2) is 5.60 Å². The molecule has 1 saturated heterocycles. The van der Waals surface area contributed by atoms with Crippen molar-refractivity contribution in [1.82, 2.24) is 10.2 Å². The SMILES string of the molecule is COc1ccc(F)cc1-c1ccc(C[C@@]2(C(=O)NCC(C)(C)CN(C)C)CCCO2)cc1. The van der Waals surface area contributed by atoms with Gasteiger partial charge in [-0.25, -0.2) is 4.39 Å². The van der Waals surface area contributed by atoms with Gasteiger partial charge in [0.05, 0.1) is 7.11 Å². The van der Waals surface area contributed by atoms with E-state index in [0.29, 0.717) is 37.3 Å². The van der Waals surface area contributed by atoms with Crippen LogP contribution in [0.4, 0.5) is 4.39 Å². The van der Waals surface area contributed by atoms with E-state index in [0.717, 1.165) is 24.1 Å². The van der Waals surface area contributed by atoms with Crippen LogP contribution in [-0.4, -0.2) is 57.3 Å². The Morgan fingerprint density at radius 1 is 1.22 bits per heavy atom. The number of halogens is 1. The van der Waals surface area contributed by atoms with Crippen molar-refractivity contribution in [2.24, 2.45) is 5.41 Å². The average molecular weight is 443 g/mol. The second-order valence-corrected chi connectivity index (χ2v) is 9.75. The fourth-order valence-corrected chi connectivity index (χ4v) is 4.53. The second-order valence-electron chi connectivity index (χ2n) is 9.75. The number of carbonyl (C=O) groups is 1.